The minimum atomic E-state index is -1.10. The van der Waals surface area contributed by atoms with Gasteiger partial charge in [-0.05, 0) is 48.8 Å². The molecule has 0 radical (unpaired) electrons. The molecule has 5 amide bonds. The van der Waals surface area contributed by atoms with E-state index in [1.807, 2.05) is 0 Å². The minimum Gasteiger partial charge on any atom is -0.338 e. The summed E-state index contributed by atoms with van der Waals surface area (Å²) >= 11 is 0. The largest absolute Gasteiger partial charge is 0.338 e. The van der Waals surface area contributed by atoms with Crippen LogP contribution in [0.25, 0.3) is 0 Å². The molecule has 1 N–H and O–H groups in total. The number of hydrogen-bond donors (Lipinski definition) is 1. The van der Waals surface area contributed by atoms with Gasteiger partial charge in [0, 0.05) is 31.7 Å². The Morgan fingerprint density at radius 1 is 1.03 bits per heavy atom. The summed E-state index contributed by atoms with van der Waals surface area (Å²) in [4.78, 5) is 55.4. The summed E-state index contributed by atoms with van der Waals surface area (Å²) in [7, 11) is 0. The van der Waals surface area contributed by atoms with Crippen molar-refractivity contribution in [3.8, 4) is 0 Å². The molecule has 1 spiro atoms. The van der Waals surface area contributed by atoms with E-state index in [2.05, 4.69) is 26.1 Å². The number of carbonyl (C=O) groups is 4. The molecule has 1 aromatic rings. The second kappa shape index (κ2) is 8.63. The Balaban J connectivity index is 1.36. The van der Waals surface area contributed by atoms with E-state index < -0.39 is 29.1 Å². The highest BCUT2D eigenvalue weighted by atomic mass is 19.2. The number of hydrogen-bond acceptors (Lipinski definition) is 4. The quantitative estimate of drug-likeness (QED) is 0.679. The van der Waals surface area contributed by atoms with Gasteiger partial charge in [0.25, 0.3) is 11.8 Å². The fraction of sp³-hybridized carbons (Fsp3) is 0.583. The smallest absolute Gasteiger partial charge is 0.325 e. The number of nitrogens with zero attached hydrogens (tertiary/aromatic N) is 3. The second-order valence-electron chi connectivity index (χ2n) is 10.6. The molecule has 1 aromatic carbocycles. The summed E-state index contributed by atoms with van der Waals surface area (Å²) in [6.45, 7) is 6.73. The lowest BCUT2D eigenvalue weighted by Crippen LogP contribution is -2.55. The Morgan fingerprint density at radius 2 is 1.68 bits per heavy atom. The van der Waals surface area contributed by atoms with Crippen LogP contribution in [0.15, 0.2) is 18.2 Å². The zero-order valence-electron chi connectivity index (χ0n) is 19.7. The number of carbonyl (C=O) groups excluding carboxylic acids is 4. The molecular weight excluding hydrogens is 446 g/mol. The van der Waals surface area contributed by atoms with E-state index in [4.69, 9.17) is 0 Å². The Kier molecular flexibility index (Phi) is 6.12. The topological polar surface area (TPSA) is 90.0 Å². The van der Waals surface area contributed by atoms with Crippen molar-refractivity contribution >= 4 is 23.8 Å². The molecule has 34 heavy (non-hydrogen) atoms. The first-order valence-corrected chi connectivity index (χ1v) is 11.6. The van der Waals surface area contributed by atoms with Gasteiger partial charge in [-0.25, -0.2) is 13.6 Å². The van der Waals surface area contributed by atoms with Crippen molar-refractivity contribution in [2.75, 3.05) is 32.7 Å². The summed E-state index contributed by atoms with van der Waals surface area (Å²) in [6, 6.07) is 2.44. The average Bonchev–Trinajstić information content (AvgIpc) is 2.96. The molecule has 3 aliphatic rings. The molecule has 0 aromatic heterocycles. The number of halogens is 2. The average molecular weight is 477 g/mol. The van der Waals surface area contributed by atoms with Crippen LogP contribution in [0.1, 0.15) is 50.4 Å². The maximum atomic E-state index is 13.5. The molecule has 184 valence electrons. The molecule has 2 atom stereocenters. The van der Waals surface area contributed by atoms with Crippen LogP contribution in [0.4, 0.5) is 13.6 Å². The first-order chi connectivity index (χ1) is 15.9. The maximum absolute atomic E-state index is 13.5. The summed E-state index contributed by atoms with van der Waals surface area (Å²) < 4.78 is 26.6. The van der Waals surface area contributed by atoms with Crippen molar-refractivity contribution < 1.29 is 28.0 Å². The summed E-state index contributed by atoms with van der Waals surface area (Å²) in [5, 5.41) is 2.87. The van der Waals surface area contributed by atoms with Crippen LogP contribution in [0.5, 0.6) is 0 Å². The standard InChI is InChI=1S/C24H30F2N4O4/c1-15-11-23(2,3)14-24(12-15)21(33)30(22(34)27-24)13-19(31)28-6-8-29(9-7-28)20(32)16-4-5-17(25)18(26)10-16/h4-5,10,15H,6-9,11-14H2,1-3H3,(H,27,34). The molecule has 0 bridgehead atoms. The van der Waals surface area contributed by atoms with Crippen LogP contribution in [0.2, 0.25) is 0 Å². The third-order valence-corrected chi connectivity index (χ3v) is 7.00. The molecule has 2 heterocycles. The van der Waals surface area contributed by atoms with E-state index in [9.17, 15) is 28.0 Å². The fourth-order valence-electron chi connectivity index (χ4n) is 5.86. The molecule has 2 saturated heterocycles. The highest BCUT2D eigenvalue weighted by Gasteiger charge is 2.56. The molecule has 3 fully saturated rings. The SMILES string of the molecule is CC1CC(C)(C)CC2(C1)NC(=O)N(CC(=O)N1CCN(C(=O)c3ccc(F)c(F)c3)CC1)C2=O. The zero-order valence-corrected chi connectivity index (χ0v) is 19.7. The van der Waals surface area contributed by atoms with E-state index in [1.54, 1.807) is 0 Å². The van der Waals surface area contributed by atoms with Gasteiger partial charge in [-0.2, -0.15) is 0 Å². The normalized spacial score (nSPS) is 26.7. The van der Waals surface area contributed by atoms with Gasteiger partial charge >= 0.3 is 6.03 Å². The van der Waals surface area contributed by atoms with Gasteiger partial charge in [0.1, 0.15) is 12.1 Å². The zero-order chi connectivity index (χ0) is 24.8. The van der Waals surface area contributed by atoms with Crippen molar-refractivity contribution in [3.63, 3.8) is 0 Å². The number of imide groups is 1. The fourth-order valence-corrected chi connectivity index (χ4v) is 5.86. The number of piperazine rings is 1. The van der Waals surface area contributed by atoms with Gasteiger partial charge in [-0.15, -0.1) is 0 Å². The predicted molar refractivity (Wildman–Crippen MR) is 119 cm³/mol. The molecule has 10 heteroatoms. The van der Waals surface area contributed by atoms with Gasteiger partial charge < -0.3 is 15.1 Å². The third kappa shape index (κ3) is 4.50. The molecular formula is C24H30F2N4O4. The lowest BCUT2D eigenvalue weighted by atomic mass is 9.64. The van der Waals surface area contributed by atoms with Crippen molar-refractivity contribution in [1.29, 1.82) is 0 Å². The van der Waals surface area contributed by atoms with Crippen molar-refractivity contribution in [1.82, 2.24) is 20.0 Å². The number of amides is 5. The Bertz CT molecular complexity index is 1040. The molecule has 1 aliphatic carbocycles. The Labute approximate surface area is 197 Å². The third-order valence-electron chi connectivity index (χ3n) is 7.00. The monoisotopic (exact) mass is 476 g/mol. The number of rotatable bonds is 3. The van der Waals surface area contributed by atoms with Crippen molar-refractivity contribution in [3.05, 3.63) is 35.4 Å². The van der Waals surface area contributed by atoms with Crippen LogP contribution >= 0.6 is 0 Å². The minimum absolute atomic E-state index is 0.0351. The lowest BCUT2D eigenvalue weighted by molar-refractivity contribution is -0.141. The summed E-state index contributed by atoms with van der Waals surface area (Å²) in [5.41, 5.74) is -1.03. The van der Waals surface area contributed by atoms with E-state index in [-0.39, 0.29) is 61.4 Å². The molecule has 2 unspecified atom stereocenters. The van der Waals surface area contributed by atoms with Gasteiger partial charge in [0.2, 0.25) is 5.91 Å². The van der Waals surface area contributed by atoms with Crippen molar-refractivity contribution in [2.45, 2.75) is 45.6 Å². The van der Waals surface area contributed by atoms with E-state index >= 15 is 0 Å². The predicted octanol–water partition coefficient (Wildman–Crippen LogP) is 2.39. The summed E-state index contributed by atoms with van der Waals surface area (Å²) in [6.07, 6.45) is 2.05. The molecule has 4 rings (SSSR count). The van der Waals surface area contributed by atoms with E-state index in [0.717, 1.165) is 23.5 Å². The highest BCUT2D eigenvalue weighted by molar-refractivity contribution is 6.09. The number of nitrogens with one attached hydrogen (secondary N) is 1. The van der Waals surface area contributed by atoms with E-state index in [0.29, 0.717) is 12.8 Å². The lowest BCUT2D eigenvalue weighted by Gasteiger charge is -2.43. The number of urea groups is 1. The molecule has 1 saturated carbocycles. The number of benzene rings is 1. The van der Waals surface area contributed by atoms with Crippen LogP contribution in [-0.4, -0.2) is 76.7 Å². The Hall–Kier alpha value is -3.04. The molecule has 8 nitrogen and oxygen atoms in total. The van der Waals surface area contributed by atoms with Crippen LogP contribution in [0.3, 0.4) is 0 Å². The van der Waals surface area contributed by atoms with Gasteiger partial charge in [0.15, 0.2) is 11.6 Å². The van der Waals surface area contributed by atoms with Crippen LogP contribution in [0, 0.1) is 23.0 Å². The Morgan fingerprint density at radius 3 is 2.29 bits per heavy atom. The van der Waals surface area contributed by atoms with Crippen LogP contribution < -0.4 is 5.32 Å². The highest BCUT2D eigenvalue weighted by Crippen LogP contribution is 2.46. The maximum Gasteiger partial charge on any atom is 0.325 e. The van der Waals surface area contributed by atoms with Crippen molar-refractivity contribution in [2.24, 2.45) is 11.3 Å². The first kappa shape index (κ1) is 24.1. The van der Waals surface area contributed by atoms with E-state index in [1.165, 1.54) is 15.9 Å². The first-order valence-electron chi connectivity index (χ1n) is 11.6. The van der Waals surface area contributed by atoms with Crippen LogP contribution in [-0.2, 0) is 9.59 Å². The summed E-state index contributed by atoms with van der Waals surface area (Å²) in [5.74, 6) is -3.02. The van der Waals surface area contributed by atoms with Gasteiger partial charge in [0.05, 0.1) is 0 Å². The van der Waals surface area contributed by atoms with Gasteiger partial charge in [-0.3, -0.25) is 19.3 Å². The van der Waals surface area contributed by atoms with Gasteiger partial charge in [-0.1, -0.05) is 20.8 Å². The molecule has 2 aliphatic heterocycles. The second-order valence-corrected chi connectivity index (χ2v) is 10.6.